The van der Waals surface area contributed by atoms with Crippen molar-refractivity contribution >= 4 is 6.47 Å². The van der Waals surface area contributed by atoms with Crippen LogP contribution in [0.25, 0.3) is 0 Å². The molecule has 50 valence electrons. The van der Waals surface area contributed by atoms with Crippen LogP contribution in [-0.2, 0) is 9.53 Å². The Kier molecular flexibility index (Phi) is 18.8. The minimum absolute atomic E-state index is 0.431. The molecule has 0 rings (SSSR count). The summed E-state index contributed by atoms with van der Waals surface area (Å²) in [6.45, 7) is 5.78. The third-order valence-electron chi connectivity index (χ3n) is 0.326. The molecule has 0 aromatic carbocycles. The number of rotatable bonds is 2. The fourth-order valence-electron chi connectivity index (χ4n) is 0.0680. The van der Waals surface area contributed by atoms with Gasteiger partial charge in [-0.05, 0) is 6.92 Å². The van der Waals surface area contributed by atoms with Crippen LogP contribution in [0.15, 0.2) is 12.7 Å². The summed E-state index contributed by atoms with van der Waals surface area (Å²) in [6, 6.07) is 1.69. The van der Waals surface area contributed by atoms with E-state index in [1.165, 1.54) is 6.08 Å². The molecular formula is C6H9NO2. The zero-order valence-corrected chi connectivity index (χ0v) is 5.33. The van der Waals surface area contributed by atoms with Gasteiger partial charge in [0.2, 0.25) is 0 Å². The number of hydrogen-bond donors (Lipinski definition) is 0. The monoisotopic (exact) mass is 127 g/mol. The van der Waals surface area contributed by atoms with E-state index in [9.17, 15) is 4.79 Å². The first-order chi connectivity index (χ1) is 4.33. The largest absolute Gasteiger partial charge is 0.468 e. The van der Waals surface area contributed by atoms with E-state index in [4.69, 9.17) is 5.26 Å². The molecule has 9 heavy (non-hydrogen) atoms. The van der Waals surface area contributed by atoms with E-state index >= 15 is 0 Å². The molecule has 0 saturated carbocycles. The summed E-state index contributed by atoms with van der Waals surface area (Å²) in [5.41, 5.74) is 0. The molecule has 0 aliphatic heterocycles. The van der Waals surface area contributed by atoms with E-state index in [0.717, 1.165) is 0 Å². The first-order valence-electron chi connectivity index (χ1n) is 2.39. The second-order valence-electron chi connectivity index (χ2n) is 0.885. The van der Waals surface area contributed by atoms with Crippen molar-refractivity contribution in [2.24, 2.45) is 0 Å². The SMILES string of the molecule is C=CC#N.CCOC=O. The van der Waals surface area contributed by atoms with Crippen molar-refractivity contribution in [3.8, 4) is 6.07 Å². The lowest BCUT2D eigenvalue weighted by Crippen LogP contribution is -1.80. The molecule has 0 bridgehead atoms. The highest BCUT2D eigenvalue weighted by Crippen LogP contribution is 1.55. The minimum atomic E-state index is 0.431. The molecule has 0 fully saturated rings. The Labute approximate surface area is 54.5 Å². The zero-order valence-electron chi connectivity index (χ0n) is 5.33. The molecule has 0 aliphatic rings. The van der Waals surface area contributed by atoms with Crippen LogP contribution in [0.3, 0.4) is 0 Å². The summed E-state index contributed by atoms with van der Waals surface area (Å²) in [7, 11) is 0. The standard InChI is InChI=1S/C3H3N.C3H6O2/c1-2-3-4;1-2-5-3-4/h2H,1H2;3H,2H2,1H3. The Balaban J connectivity index is 0. The Morgan fingerprint density at radius 2 is 2.33 bits per heavy atom. The fraction of sp³-hybridized carbons (Fsp3) is 0.333. The van der Waals surface area contributed by atoms with Gasteiger partial charge < -0.3 is 4.74 Å². The highest BCUT2D eigenvalue weighted by atomic mass is 16.5. The van der Waals surface area contributed by atoms with Crippen LogP contribution in [-0.4, -0.2) is 13.1 Å². The van der Waals surface area contributed by atoms with E-state index in [1.807, 2.05) is 0 Å². The van der Waals surface area contributed by atoms with Crippen LogP contribution in [0.5, 0.6) is 0 Å². The summed E-state index contributed by atoms with van der Waals surface area (Å²) in [5.74, 6) is 0. The summed E-state index contributed by atoms with van der Waals surface area (Å²) in [4.78, 5) is 9.18. The minimum Gasteiger partial charge on any atom is -0.468 e. The zero-order chi connectivity index (χ0) is 7.54. The van der Waals surface area contributed by atoms with Crippen molar-refractivity contribution in [3.05, 3.63) is 12.7 Å². The van der Waals surface area contributed by atoms with Crippen LogP contribution in [0.2, 0.25) is 0 Å². The van der Waals surface area contributed by atoms with Crippen LogP contribution >= 0.6 is 0 Å². The number of carbonyl (C=O) groups is 1. The number of nitriles is 1. The lowest BCUT2D eigenvalue weighted by Gasteiger charge is -1.79. The average molecular weight is 127 g/mol. The Morgan fingerprint density at radius 1 is 1.89 bits per heavy atom. The second kappa shape index (κ2) is 15.9. The van der Waals surface area contributed by atoms with E-state index < -0.39 is 0 Å². The van der Waals surface area contributed by atoms with Gasteiger partial charge in [0.05, 0.1) is 12.7 Å². The quantitative estimate of drug-likeness (QED) is 0.408. The molecule has 0 saturated heterocycles. The molecule has 0 aromatic rings. The molecule has 0 heterocycles. The van der Waals surface area contributed by atoms with Gasteiger partial charge in [0.25, 0.3) is 6.47 Å². The van der Waals surface area contributed by atoms with Crippen LogP contribution in [0.1, 0.15) is 6.92 Å². The molecule has 0 N–H and O–H groups in total. The first-order valence-corrected chi connectivity index (χ1v) is 2.39. The third kappa shape index (κ3) is 51.2. The highest BCUT2D eigenvalue weighted by Gasteiger charge is 1.60. The maximum atomic E-state index is 9.18. The van der Waals surface area contributed by atoms with Crippen molar-refractivity contribution in [1.29, 1.82) is 5.26 Å². The molecule has 0 atom stereocenters. The number of nitrogens with zero attached hydrogens (tertiary/aromatic N) is 1. The third-order valence-corrected chi connectivity index (χ3v) is 0.326. The molecule has 0 unspecified atom stereocenters. The molecule has 0 aromatic heterocycles. The Hall–Kier alpha value is -1.30. The predicted octanol–water partition coefficient (Wildman–Crippen LogP) is 0.875. The summed E-state index contributed by atoms with van der Waals surface area (Å²) < 4.78 is 4.15. The van der Waals surface area contributed by atoms with E-state index in [1.54, 1.807) is 13.0 Å². The van der Waals surface area contributed by atoms with Crippen LogP contribution in [0.4, 0.5) is 0 Å². The Bertz CT molecular complexity index is 104. The Morgan fingerprint density at radius 3 is 2.33 bits per heavy atom. The van der Waals surface area contributed by atoms with Gasteiger partial charge in [-0.2, -0.15) is 5.26 Å². The number of allylic oxidation sites excluding steroid dienone is 1. The number of ether oxygens (including phenoxy) is 1. The molecule has 0 radical (unpaired) electrons. The van der Waals surface area contributed by atoms with Gasteiger partial charge in [0, 0.05) is 6.08 Å². The predicted molar refractivity (Wildman–Crippen MR) is 33.5 cm³/mol. The second-order valence-corrected chi connectivity index (χ2v) is 0.885. The van der Waals surface area contributed by atoms with Crippen molar-refractivity contribution in [3.63, 3.8) is 0 Å². The normalized spacial score (nSPS) is 5.33. The number of carbonyl (C=O) groups excluding carboxylic acids is 1. The summed E-state index contributed by atoms with van der Waals surface area (Å²) in [5, 5.41) is 7.51. The van der Waals surface area contributed by atoms with Crippen LogP contribution < -0.4 is 0 Å². The molecule has 3 nitrogen and oxygen atoms in total. The van der Waals surface area contributed by atoms with Gasteiger partial charge in [-0.3, -0.25) is 4.79 Å². The molecule has 0 aliphatic carbocycles. The maximum Gasteiger partial charge on any atom is 0.293 e. The van der Waals surface area contributed by atoms with Crippen molar-refractivity contribution in [2.75, 3.05) is 6.61 Å². The van der Waals surface area contributed by atoms with Gasteiger partial charge in [-0.25, -0.2) is 0 Å². The van der Waals surface area contributed by atoms with Gasteiger partial charge >= 0.3 is 0 Å². The van der Waals surface area contributed by atoms with Gasteiger partial charge in [-0.1, -0.05) is 6.58 Å². The van der Waals surface area contributed by atoms with E-state index in [0.29, 0.717) is 13.1 Å². The van der Waals surface area contributed by atoms with E-state index in [2.05, 4.69) is 11.3 Å². The van der Waals surface area contributed by atoms with Gasteiger partial charge in [0.15, 0.2) is 0 Å². The lowest BCUT2D eigenvalue weighted by molar-refractivity contribution is -0.128. The van der Waals surface area contributed by atoms with Crippen LogP contribution in [0, 0.1) is 11.3 Å². The lowest BCUT2D eigenvalue weighted by atomic mass is 10.8. The van der Waals surface area contributed by atoms with Gasteiger partial charge in [-0.15, -0.1) is 0 Å². The van der Waals surface area contributed by atoms with E-state index in [-0.39, 0.29) is 0 Å². The summed E-state index contributed by atoms with van der Waals surface area (Å²) >= 11 is 0. The van der Waals surface area contributed by atoms with Crippen molar-refractivity contribution in [1.82, 2.24) is 0 Å². The fourth-order valence-corrected chi connectivity index (χ4v) is 0.0680. The topological polar surface area (TPSA) is 50.1 Å². The first kappa shape index (κ1) is 10.6. The van der Waals surface area contributed by atoms with Gasteiger partial charge in [0.1, 0.15) is 0 Å². The molecular weight excluding hydrogens is 118 g/mol. The van der Waals surface area contributed by atoms with Crippen molar-refractivity contribution < 1.29 is 9.53 Å². The summed E-state index contributed by atoms with van der Waals surface area (Å²) in [6.07, 6.45) is 1.18. The average Bonchev–Trinajstić information content (AvgIpc) is 1.91. The van der Waals surface area contributed by atoms with Crippen molar-refractivity contribution in [2.45, 2.75) is 6.92 Å². The molecule has 0 spiro atoms. The molecule has 3 heteroatoms. The number of hydrogen-bond acceptors (Lipinski definition) is 3. The maximum absolute atomic E-state index is 9.18. The smallest absolute Gasteiger partial charge is 0.293 e. The highest BCUT2D eigenvalue weighted by molar-refractivity contribution is 5.36. The molecule has 0 amide bonds.